The monoisotopic (exact) mass is 218 g/mol. The zero-order valence-corrected chi connectivity index (χ0v) is 8.87. The van der Waals surface area contributed by atoms with E-state index in [1.54, 1.807) is 0 Å². The Kier molecular flexibility index (Phi) is 2.74. The second-order valence-electron chi connectivity index (χ2n) is 3.14. The number of ether oxygens (including phenoxy) is 1. The molecule has 5 heteroatoms. The van der Waals surface area contributed by atoms with Crippen molar-refractivity contribution in [1.29, 1.82) is 0 Å². The van der Waals surface area contributed by atoms with E-state index in [0.29, 0.717) is 6.61 Å². The van der Waals surface area contributed by atoms with Crippen molar-refractivity contribution in [3.8, 4) is 0 Å². The van der Waals surface area contributed by atoms with Gasteiger partial charge in [0.15, 0.2) is 0 Å². The zero-order chi connectivity index (χ0) is 8.56. The van der Waals surface area contributed by atoms with Crippen LogP contribution in [0.3, 0.4) is 0 Å². The fourth-order valence-electron chi connectivity index (χ4n) is 1.17. The Bertz CT molecular complexity index is 139. The summed E-state index contributed by atoms with van der Waals surface area (Å²) in [6.45, 7) is 2.15. The van der Waals surface area contributed by atoms with Gasteiger partial charge in [0.25, 0.3) is 0 Å². The van der Waals surface area contributed by atoms with Gasteiger partial charge in [0.05, 0.1) is 0 Å². The molecular weight excluding hydrogens is 206 g/mol. The van der Waals surface area contributed by atoms with Crippen LogP contribution in [0, 0.1) is 0 Å². The summed E-state index contributed by atoms with van der Waals surface area (Å²) in [4.78, 5) is 9.64. The molecule has 0 bridgehead atoms. The van der Waals surface area contributed by atoms with Gasteiger partial charge in [-0.1, -0.05) is 0 Å². The standard InChI is InChI=1S/C6H13Cl2O2P/c1-11(7,8,9)6-4-2-3-5-10-6/h6,9H,2-5H2,1H3. The van der Waals surface area contributed by atoms with Crippen molar-refractivity contribution in [3.63, 3.8) is 0 Å². The van der Waals surface area contributed by atoms with Gasteiger partial charge < -0.3 is 0 Å². The molecule has 1 N–H and O–H groups in total. The molecule has 0 aromatic carbocycles. The Hall–Kier alpha value is 0.930. The molecule has 1 aliphatic rings. The van der Waals surface area contributed by atoms with E-state index in [2.05, 4.69) is 0 Å². The van der Waals surface area contributed by atoms with Crippen molar-refractivity contribution in [2.24, 2.45) is 0 Å². The summed E-state index contributed by atoms with van der Waals surface area (Å²) in [5.74, 6) is -0.335. The van der Waals surface area contributed by atoms with Gasteiger partial charge in [-0.25, -0.2) is 0 Å². The van der Waals surface area contributed by atoms with Crippen LogP contribution < -0.4 is 0 Å². The molecule has 0 amide bonds. The maximum absolute atomic E-state index is 9.64. The van der Waals surface area contributed by atoms with Crippen molar-refractivity contribution in [2.75, 3.05) is 13.3 Å². The first-order chi connectivity index (χ1) is 4.86. The molecule has 0 aliphatic carbocycles. The van der Waals surface area contributed by atoms with E-state index in [0.717, 1.165) is 19.3 Å². The van der Waals surface area contributed by atoms with Crippen LogP contribution in [0.1, 0.15) is 19.3 Å². The van der Waals surface area contributed by atoms with Crippen LogP contribution in [-0.2, 0) is 4.74 Å². The van der Waals surface area contributed by atoms with Gasteiger partial charge in [-0.05, 0) is 0 Å². The third-order valence-electron chi connectivity index (χ3n) is 1.79. The Morgan fingerprint density at radius 2 is 2.09 bits per heavy atom. The summed E-state index contributed by atoms with van der Waals surface area (Å²) in [6, 6.07) is 0. The molecule has 1 unspecified atom stereocenters. The molecule has 0 aromatic rings. The normalized spacial score (nSPS) is 30.9. The van der Waals surface area contributed by atoms with E-state index in [-0.39, 0.29) is 5.85 Å². The number of hydrogen-bond donors (Lipinski definition) is 1. The Labute approximate surface area is 76.4 Å². The molecule has 0 aromatic heterocycles. The van der Waals surface area contributed by atoms with Gasteiger partial charge >= 0.3 is 76.0 Å². The van der Waals surface area contributed by atoms with Crippen LogP contribution in [0.2, 0.25) is 0 Å². The van der Waals surface area contributed by atoms with Crippen LogP contribution in [0.4, 0.5) is 0 Å². The minimum atomic E-state index is -3.49. The predicted octanol–water partition coefficient (Wildman–Crippen LogP) is 2.91. The van der Waals surface area contributed by atoms with E-state index < -0.39 is 5.54 Å². The third kappa shape index (κ3) is 3.04. The first-order valence-electron chi connectivity index (χ1n) is 3.68. The van der Waals surface area contributed by atoms with Crippen LogP contribution in [0.25, 0.3) is 0 Å². The van der Waals surface area contributed by atoms with Crippen molar-refractivity contribution in [1.82, 2.24) is 0 Å². The second kappa shape index (κ2) is 3.01. The van der Waals surface area contributed by atoms with Crippen molar-refractivity contribution in [2.45, 2.75) is 25.1 Å². The molecule has 0 radical (unpaired) electrons. The quantitative estimate of drug-likeness (QED) is 0.687. The number of rotatable bonds is 1. The Balaban J connectivity index is 2.59. The van der Waals surface area contributed by atoms with E-state index >= 15 is 0 Å². The molecule has 0 spiro atoms. The van der Waals surface area contributed by atoms with E-state index in [4.69, 9.17) is 27.2 Å². The first-order valence-corrected chi connectivity index (χ1v) is 8.19. The van der Waals surface area contributed by atoms with Crippen LogP contribution >= 0.6 is 28.0 Å². The third-order valence-corrected chi connectivity index (χ3v) is 4.77. The Morgan fingerprint density at radius 1 is 1.45 bits per heavy atom. The molecule has 1 heterocycles. The molecule has 1 atom stereocenters. The summed E-state index contributed by atoms with van der Waals surface area (Å²) in [5, 5.41) is 0. The fraction of sp³-hybridized carbons (Fsp3) is 1.00. The second-order valence-corrected chi connectivity index (χ2v) is 12.0. The Morgan fingerprint density at radius 3 is 2.36 bits per heavy atom. The molecular formula is C6H13Cl2O2P. The summed E-state index contributed by atoms with van der Waals surface area (Å²) in [7, 11) is 0. The molecule has 1 fully saturated rings. The molecule has 2 nitrogen and oxygen atoms in total. The topological polar surface area (TPSA) is 29.5 Å². The van der Waals surface area contributed by atoms with Gasteiger partial charge in [0.2, 0.25) is 0 Å². The van der Waals surface area contributed by atoms with Crippen LogP contribution in [-0.4, -0.2) is 24.0 Å². The summed E-state index contributed by atoms with van der Waals surface area (Å²) < 4.78 is 5.29. The first kappa shape index (κ1) is 10.0. The fourth-order valence-corrected chi connectivity index (χ4v) is 3.28. The molecule has 1 saturated heterocycles. The average Bonchev–Trinajstić information content (AvgIpc) is 1.86. The predicted molar refractivity (Wildman–Crippen MR) is 50.4 cm³/mol. The van der Waals surface area contributed by atoms with Crippen molar-refractivity contribution < 1.29 is 9.63 Å². The molecule has 1 aliphatic heterocycles. The van der Waals surface area contributed by atoms with Gasteiger partial charge in [-0.2, -0.15) is 0 Å². The van der Waals surface area contributed by atoms with E-state index in [1.807, 2.05) is 0 Å². The summed E-state index contributed by atoms with van der Waals surface area (Å²) in [5.41, 5.74) is -3.49. The van der Waals surface area contributed by atoms with Gasteiger partial charge in [0, 0.05) is 0 Å². The van der Waals surface area contributed by atoms with Gasteiger partial charge in [0.1, 0.15) is 0 Å². The van der Waals surface area contributed by atoms with Gasteiger partial charge in [-0.3, -0.25) is 0 Å². The van der Waals surface area contributed by atoms with Crippen LogP contribution in [0.5, 0.6) is 0 Å². The molecule has 1 rings (SSSR count). The minimum absolute atomic E-state index is 0.335. The SMILES string of the molecule is CP(O)(Cl)(Cl)C1CCCCO1. The van der Waals surface area contributed by atoms with Gasteiger partial charge in [-0.15, -0.1) is 0 Å². The number of halogens is 2. The summed E-state index contributed by atoms with van der Waals surface area (Å²) >= 11 is 11.6. The maximum atomic E-state index is 9.64. The average molecular weight is 219 g/mol. The zero-order valence-electron chi connectivity index (χ0n) is 6.46. The molecule has 11 heavy (non-hydrogen) atoms. The molecule has 0 saturated carbocycles. The van der Waals surface area contributed by atoms with Crippen LogP contribution in [0.15, 0.2) is 0 Å². The summed E-state index contributed by atoms with van der Waals surface area (Å²) in [6.07, 6.45) is 2.85. The van der Waals surface area contributed by atoms with Crippen molar-refractivity contribution in [3.05, 3.63) is 0 Å². The molecule has 68 valence electrons. The van der Waals surface area contributed by atoms with Crippen molar-refractivity contribution >= 4 is 28.0 Å². The van der Waals surface area contributed by atoms with E-state index in [1.165, 1.54) is 6.66 Å². The number of hydrogen-bond acceptors (Lipinski definition) is 2. The van der Waals surface area contributed by atoms with E-state index in [9.17, 15) is 4.89 Å².